The molecule has 0 spiro atoms. The van der Waals surface area contributed by atoms with Crippen LogP contribution in [0, 0.1) is 13.8 Å². The molecule has 2 aromatic heterocycles. The van der Waals surface area contributed by atoms with E-state index in [0.29, 0.717) is 5.56 Å². The van der Waals surface area contributed by atoms with Gasteiger partial charge in [0, 0.05) is 22.5 Å². The van der Waals surface area contributed by atoms with Crippen LogP contribution < -0.4 is 0 Å². The SMILES string of the molecule is Cc1cc(C(F)(F)F)nc2c1c(C)c(Cc1c(Cl)ccc(C(=O)O)c1Cl)n2S(=O)(=O)c1ccccc1. The number of halogens is 5. The van der Waals surface area contributed by atoms with E-state index in [1.165, 1.54) is 43.3 Å². The van der Waals surface area contributed by atoms with Gasteiger partial charge >= 0.3 is 12.1 Å². The normalized spacial score (nSPS) is 12.3. The van der Waals surface area contributed by atoms with E-state index in [-0.39, 0.29) is 49.1 Å². The van der Waals surface area contributed by atoms with Crippen molar-refractivity contribution in [1.82, 2.24) is 8.96 Å². The fourth-order valence-electron chi connectivity index (χ4n) is 4.09. The molecule has 0 unspecified atom stereocenters. The Hall–Kier alpha value is -3.08. The lowest BCUT2D eigenvalue weighted by Gasteiger charge is -2.15. The smallest absolute Gasteiger partial charge is 0.433 e. The first-order valence-corrected chi connectivity index (χ1v) is 12.5. The van der Waals surface area contributed by atoms with Crippen molar-refractivity contribution in [3.8, 4) is 0 Å². The molecule has 0 saturated heterocycles. The van der Waals surface area contributed by atoms with Crippen LogP contribution in [-0.2, 0) is 22.6 Å². The van der Waals surface area contributed by atoms with Gasteiger partial charge in [-0.05, 0) is 60.9 Å². The van der Waals surface area contributed by atoms with Crippen molar-refractivity contribution in [2.45, 2.75) is 31.3 Å². The lowest BCUT2D eigenvalue weighted by molar-refractivity contribution is -0.141. The molecule has 0 saturated carbocycles. The fourth-order valence-corrected chi connectivity index (χ4v) is 6.24. The highest BCUT2D eigenvalue weighted by molar-refractivity contribution is 7.90. The largest absolute Gasteiger partial charge is 0.478 e. The van der Waals surface area contributed by atoms with Crippen molar-refractivity contribution in [3.63, 3.8) is 0 Å². The molecular formula is C24H17Cl2F3N2O4S. The number of aromatic nitrogens is 2. The lowest BCUT2D eigenvalue weighted by Crippen LogP contribution is -2.18. The molecule has 6 nitrogen and oxygen atoms in total. The summed E-state index contributed by atoms with van der Waals surface area (Å²) in [4.78, 5) is 15.1. The van der Waals surface area contributed by atoms with Gasteiger partial charge in [0.15, 0.2) is 5.65 Å². The van der Waals surface area contributed by atoms with Gasteiger partial charge in [0.25, 0.3) is 10.0 Å². The molecule has 0 atom stereocenters. The number of carboxylic acid groups (broad SMARTS) is 1. The molecule has 0 radical (unpaired) electrons. The third-order valence-corrected chi connectivity index (χ3v) is 8.30. The summed E-state index contributed by atoms with van der Waals surface area (Å²) in [5.74, 6) is -1.32. The summed E-state index contributed by atoms with van der Waals surface area (Å²) in [6.45, 7) is 2.99. The summed E-state index contributed by atoms with van der Waals surface area (Å²) in [5.41, 5.74) is -1.22. The molecule has 0 aliphatic rings. The number of pyridine rings is 1. The monoisotopic (exact) mass is 556 g/mol. The number of hydrogen-bond acceptors (Lipinski definition) is 4. The van der Waals surface area contributed by atoms with Crippen molar-refractivity contribution in [2.75, 3.05) is 0 Å². The molecular weight excluding hydrogens is 540 g/mol. The van der Waals surface area contributed by atoms with Gasteiger partial charge in [-0.1, -0.05) is 41.4 Å². The number of hydrogen-bond donors (Lipinski definition) is 1. The van der Waals surface area contributed by atoms with Gasteiger partial charge in [0.05, 0.1) is 15.5 Å². The van der Waals surface area contributed by atoms with E-state index in [0.717, 1.165) is 10.0 Å². The third kappa shape index (κ3) is 4.33. The van der Waals surface area contributed by atoms with Crippen LogP contribution >= 0.6 is 23.2 Å². The molecule has 188 valence electrons. The quantitative estimate of drug-likeness (QED) is 0.303. The van der Waals surface area contributed by atoms with E-state index in [4.69, 9.17) is 23.2 Å². The predicted octanol–water partition coefficient (Wildman–Crippen LogP) is 6.50. The van der Waals surface area contributed by atoms with Crippen molar-refractivity contribution in [1.29, 1.82) is 0 Å². The summed E-state index contributed by atoms with van der Waals surface area (Å²) in [7, 11) is -4.44. The predicted molar refractivity (Wildman–Crippen MR) is 129 cm³/mol. The van der Waals surface area contributed by atoms with Crippen molar-refractivity contribution in [2.24, 2.45) is 0 Å². The van der Waals surface area contributed by atoms with Gasteiger partial charge in [0.1, 0.15) is 5.69 Å². The number of benzene rings is 2. The Morgan fingerprint density at radius 2 is 1.72 bits per heavy atom. The van der Waals surface area contributed by atoms with Crippen molar-refractivity contribution in [3.05, 3.63) is 92.2 Å². The number of alkyl halides is 3. The summed E-state index contributed by atoms with van der Waals surface area (Å²) >= 11 is 12.6. The molecule has 2 aromatic carbocycles. The van der Waals surface area contributed by atoms with Crippen molar-refractivity contribution < 1.29 is 31.5 Å². The van der Waals surface area contributed by atoms with Gasteiger partial charge in [-0.3, -0.25) is 0 Å². The molecule has 0 bridgehead atoms. The molecule has 0 amide bonds. The van der Waals surface area contributed by atoms with Crippen LogP contribution in [0.1, 0.15) is 38.4 Å². The van der Waals surface area contributed by atoms with Crippen LogP contribution in [0.5, 0.6) is 0 Å². The number of carbonyl (C=O) groups is 1. The lowest BCUT2D eigenvalue weighted by atomic mass is 10.0. The molecule has 4 aromatic rings. The van der Waals surface area contributed by atoms with E-state index in [9.17, 15) is 31.5 Å². The summed E-state index contributed by atoms with van der Waals surface area (Å²) < 4.78 is 69.1. The highest BCUT2D eigenvalue weighted by Gasteiger charge is 2.36. The minimum Gasteiger partial charge on any atom is -0.478 e. The number of nitrogens with zero attached hydrogens (tertiary/aromatic N) is 2. The van der Waals surface area contributed by atoms with Gasteiger partial charge < -0.3 is 5.11 Å². The minimum absolute atomic E-state index is 0.0510. The Labute approximate surface area is 214 Å². The average Bonchev–Trinajstić information content (AvgIpc) is 3.08. The van der Waals surface area contributed by atoms with E-state index in [1.807, 2.05) is 0 Å². The first kappa shape index (κ1) is 26.0. The van der Waals surface area contributed by atoms with Crippen LogP contribution in [-0.4, -0.2) is 28.5 Å². The standard InChI is InChI=1S/C24H17Cl2F3N2O4S/c1-12-10-19(24(27,28)29)30-22-20(12)13(2)18(31(22)36(34,35)14-6-4-3-5-7-14)11-16-17(25)9-8-15(21(16)26)23(32)33/h3-10H,11H2,1-2H3,(H,32,33). The first-order valence-electron chi connectivity index (χ1n) is 10.3. The second-order valence-corrected chi connectivity index (χ2v) is 10.6. The maximum Gasteiger partial charge on any atom is 0.433 e. The topological polar surface area (TPSA) is 89.3 Å². The first-order chi connectivity index (χ1) is 16.7. The molecule has 12 heteroatoms. The zero-order valence-corrected chi connectivity index (χ0v) is 21.0. The number of aryl methyl sites for hydroxylation is 2. The highest BCUT2D eigenvalue weighted by Crippen LogP contribution is 2.38. The molecule has 0 aliphatic heterocycles. The Morgan fingerprint density at radius 3 is 2.31 bits per heavy atom. The summed E-state index contributed by atoms with van der Waals surface area (Å²) in [5, 5.41) is 9.53. The maximum absolute atomic E-state index is 13.8. The van der Waals surface area contributed by atoms with Crippen molar-refractivity contribution >= 4 is 50.2 Å². The summed E-state index contributed by atoms with van der Waals surface area (Å²) in [6.07, 6.45) is -5.10. The van der Waals surface area contributed by atoms with Crippen LogP contribution in [0.15, 0.2) is 53.4 Å². The Bertz CT molecular complexity index is 1630. The zero-order valence-electron chi connectivity index (χ0n) is 18.7. The van der Waals surface area contributed by atoms with Gasteiger partial charge in [-0.2, -0.15) is 13.2 Å². The van der Waals surface area contributed by atoms with E-state index in [1.54, 1.807) is 13.0 Å². The minimum atomic E-state index is -4.82. The highest BCUT2D eigenvalue weighted by atomic mass is 35.5. The molecule has 1 N–H and O–H groups in total. The molecule has 0 fully saturated rings. The second kappa shape index (κ2) is 9.10. The molecule has 2 heterocycles. The third-order valence-electron chi connectivity index (χ3n) is 5.78. The zero-order chi connectivity index (χ0) is 26.6. The van der Waals surface area contributed by atoms with Crippen LogP contribution in [0.3, 0.4) is 0 Å². The number of rotatable bonds is 5. The van der Waals surface area contributed by atoms with E-state index >= 15 is 0 Å². The number of fused-ring (bicyclic) bond motifs is 1. The Kier molecular flexibility index (Phi) is 6.57. The van der Waals surface area contributed by atoms with Gasteiger partial charge in [0.2, 0.25) is 0 Å². The van der Waals surface area contributed by atoms with Gasteiger partial charge in [-0.15, -0.1) is 0 Å². The average molecular weight is 557 g/mol. The van der Waals surface area contributed by atoms with E-state index < -0.39 is 33.5 Å². The summed E-state index contributed by atoms with van der Waals surface area (Å²) in [6, 6.07) is 10.6. The van der Waals surface area contributed by atoms with Crippen LogP contribution in [0.4, 0.5) is 13.2 Å². The Morgan fingerprint density at radius 1 is 1.08 bits per heavy atom. The van der Waals surface area contributed by atoms with Crippen LogP contribution in [0.25, 0.3) is 11.0 Å². The second-order valence-electron chi connectivity index (χ2n) is 8.04. The number of aromatic carboxylic acids is 1. The van der Waals surface area contributed by atoms with Crippen LogP contribution in [0.2, 0.25) is 10.0 Å². The Balaban J connectivity index is 2.12. The fraction of sp³-hybridized carbons (Fsp3) is 0.167. The molecule has 36 heavy (non-hydrogen) atoms. The maximum atomic E-state index is 13.8. The molecule has 4 rings (SSSR count). The number of carboxylic acids is 1. The van der Waals surface area contributed by atoms with E-state index in [2.05, 4.69) is 4.98 Å². The molecule has 0 aliphatic carbocycles. The van der Waals surface area contributed by atoms with Gasteiger partial charge in [-0.25, -0.2) is 22.2 Å².